The number of hydrogen-bond donors (Lipinski definition) is 1. The lowest BCUT2D eigenvalue weighted by atomic mass is 9.66. The maximum absolute atomic E-state index is 12.4. The second kappa shape index (κ2) is 10.3. The smallest absolute Gasteiger partial charge is 0.319 e. The summed E-state index contributed by atoms with van der Waals surface area (Å²) in [6, 6.07) is 10.3. The van der Waals surface area contributed by atoms with E-state index in [2.05, 4.69) is 71.1 Å². The molecule has 2 heterocycles. The summed E-state index contributed by atoms with van der Waals surface area (Å²) < 4.78 is 5.40. The summed E-state index contributed by atoms with van der Waals surface area (Å²) in [4.78, 5) is 27.6. The quantitative estimate of drug-likeness (QED) is 0.674. The van der Waals surface area contributed by atoms with Crippen LogP contribution < -0.4 is 15.5 Å². The van der Waals surface area contributed by atoms with Gasteiger partial charge in [-0.15, -0.1) is 0 Å². The largest absolute Gasteiger partial charge is 0.378 e. The van der Waals surface area contributed by atoms with Crippen LogP contribution in [0.2, 0.25) is 0 Å². The van der Waals surface area contributed by atoms with Gasteiger partial charge >= 0.3 is 6.03 Å². The molecule has 4 rings (SSSR count). The van der Waals surface area contributed by atoms with Crippen molar-refractivity contribution in [2.24, 2.45) is 11.1 Å². The van der Waals surface area contributed by atoms with E-state index in [1.54, 1.807) is 17.3 Å². The van der Waals surface area contributed by atoms with Crippen molar-refractivity contribution in [2.75, 3.05) is 56.7 Å². The van der Waals surface area contributed by atoms with Gasteiger partial charge in [-0.25, -0.2) is 14.8 Å². The number of ether oxygens (including phenoxy) is 1. The summed E-state index contributed by atoms with van der Waals surface area (Å²) in [7, 11) is 4.38. The third-order valence-electron chi connectivity index (χ3n) is 7.75. The minimum absolute atomic E-state index is 0.0197. The van der Waals surface area contributed by atoms with Crippen molar-refractivity contribution in [1.29, 1.82) is 0 Å². The first-order chi connectivity index (χ1) is 16.3. The van der Waals surface area contributed by atoms with E-state index in [1.807, 2.05) is 0 Å². The third kappa shape index (κ3) is 5.50. The number of rotatable bonds is 7. The number of carbonyl (C=O) groups is 1. The lowest BCUT2D eigenvalue weighted by Crippen LogP contribution is -2.53. The average molecular weight is 467 g/mol. The summed E-state index contributed by atoms with van der Waals surface area (Å²) in [6.07, 6.45) is 8.66. The Morgan fingerprint density at radius 1 is 1.06 bits per heavy atom. The maximum Gasteiger partial charge on any atom is 0.319 e. The Morgan fingerprint density at radius 3 is 2.24 bits per heavy atom. The summed E-state index contributed by atoms with van der Waals surface area (Å²) in [5.41, 5.74) is 7.96. The van der Waals surface area contributed by atoms with Gasteiger partial charge in [-0.1, -0.05) is 37.3 Å². The van der Waals surface area contributed by atoms with Gasteiger partial charge in [0.1, 0.15) is 0 Å². The lowest BCUT2D eigenvalue weighted by Gasteiger charge is -2.49. The highest BCUT2D eigenvalue weighted by Gasteiger charge is 2.43. The van der Waals surface area contributed by atoms with Gasteiger partial charge < -0.3 is 20.3 Å². The molecule has 1 aliphatic heterocycles. The minimum Gasteiger partial charge on any atom is -0.378 e. The highest BCUT2D eigenvalue weighted by atomic mass is 16.5. The first-order valence-corrected chi connectivity index (χ1v) is 12.2. The van der Waals surface area contributed by atoms with E-state index < -0.39 is 6.03 Å². The number of likely N-dealkylation sites (N-methyl/N-ethyl adjacent to an activating group) is 1. The van der Waals surface area contributed by atoms with Crippen LogP contribution in [0.4, 0.5) is 16.4 Å². The number of anilines is 2. The molecule has 2 N–H and O–H groups in total. The molecule has 1 saturated heterocycles. The van der Waals surface area contributed by atoms with Gasteiger partial charge in [-0.05, 0) is 57.2 Å². The molecule has 1 aromatic carbocycles. The molecule has 34 heavy (non-hydrogen) atoms. The molecule has 0 spiro atoms. The number of hydrogen-bond acceptors (Lipinski definition) is 6. The van der Waals surface area contributed by atoms with Crippen LogP contribution in [-0.4, -0.2) is 73.4 Å². The van der Waals surface area contributed by atoms with Crippen LogP contribution in [0.3, 0.4) is 0 Å². The van der Waals surface area contributed by atoms with E-state index in [-0.39, 0.29) is 11.0 Å². The Hall–Kier alpha value is -2.71. The molecular weight excluding hydrogens is 428 g/mol. The molecule has 1 aliphatic carbocycles. The molecular formula is C26H38N6O2. The molecule has 0 atom stereocenters. The van der Waals surface area contributed by atoms with Crippen molar-refractivity contribution in [1.82, 2.24) is 14.9 Å². The van der Waals surface area contributed by atoms with Gasteiger partial charge in [0, 0.05) is 25.2 Å². The Kier molecular flexibility index (Phi) is 7.38. The average Bonchev–Trinajstić information content (AvgIpc) is 2.85. The zero-order chi connectivity index (χ0) is 24.2. The Labute approximate surface area is 203 Å². The van der Waals surface area contributed by atoms with E-state index in [1.165, 1.54) is 5.56 Å². The van der Waals surface area contributed by atoms with Crippen molar-refractivity contribution in [3.05, 3.63) is 48.3 Å². The van der Waals surface area contributed by atoms with E-state index >= 15 is 0 Å². The van der Waals surface area contributed by atoms with Gasteiger partial charge in [0.15, 0.2) is 0 Å². The number of primary amides is 1. The Morgan fingerprint density at radius 2 is 1.68 bits per heavy atom. The first kappa shape index (κ1) is 24.4. The molecule has 2 fully saturated rings. The van der Waals surface area contributed by atoms with Crippen molar-refractivity contribution in [3.8, 4) is 0 Å². The molecule has 8 heteroatoms. The molecule has 1 aromatic heterocycles. The molecule has 0 radical (unpaired) electrons. The zero-order valence-electron chi connectivity index (χ0n) is 20.7. The fourth-order valence-corrected chi connectivity index (χ4v) is 5.29. The topological polar surface area (TPSA) is 87.8 Å². The third-order valence-corrected chi connectivity index (χ3v) is 7.75. The highest BCUT2D eigenvalue weighted by Crippen LogP contribution is 2.45. The molecule has 1 saturated carbocycles. The Bertz CT molecular complexity index is 936. The number of benzene rings is 1. The van der Waals surface area contributed by atoms with Gasteiger partial charge in [0.05, 0.1) is 31.3 Å². The summed E-state index contributed by atoms with van der Waals surface area (Å²) in [6.45, 7) is 5.73. The molecule has 2 aliphatic rings. The number of nitrogens with zero attached hydrogens (tertiary/aromatic N) is 5. The Balaban J connectivity index is 1.44. The van der Waals surface area contributed by atoms with Crippen LogP contribution in [0.15, 0.2) is 42.7 Å². The number of morpholine rings is 1. The fourth-order valence-electron chi connectivity index (χ4n) is 5.29. The first-order valence-electron chi connectivity index (χ1n) is 12.2. The maximum atomic E-state index is 12.4. The van der Waals surface area contributed by atoms with E-state index in [0.29, 0.717) is 31.4 Å². The van der Waals surface area contributed by atoms with Crippen LogP contribution in [-0.2, 0) is 11.2 Å². The molecule has 8 nitrogen and oxygen atoms in total. The summed E-state index contributed by atoms with van der Waals surface area (Å²) in [5.74, 6) is 0.664. The van der Waals surface area contributed by atoms with Crippen LogP contribution in [0.25, 0.3) is 0 Å². The van der Waals surface area contributed by atoms with Crippen LogP contribution in [0.5, 0.6) is 0 Å². The second-order valence-corrected chi connectivity index (χ2v) is 10.4. The van der Waals surface area contributed by atoms with Crippen LogP contribution >= 0.6 is 0 Å². The number of aromatic nitrogens is 2. The number of carbonyl (C=O) groups excluding carboxylic acids is 1. The molecule has 0 bridgehead atoms. The number of amides is 2. The highest BCUT2D eigenvalue weighted by molar-refractivity contribution is 5.90. The van der Waals surface area contributed by atoms with Gasteiger partial charge in [-0.2, -0.15) is 0 Å². The number of nitrogens with two attached hydrogens (primary N) is 1. The van der Waals surface area contributed by atoms with Crippen molar-refractivity contribution < 1.29 is 9.53 Å². The normalized spacial score (nSPS) is 25.4. The second-order valence-electron chi connectivity index (χ2n) is 10.4. The number of urea groups is 1. The molecule has 2 amide bonds. The van der Waals surface area contributed by atoms with Crippen molar-refractivity contribution in [3.63, 3.8) is 0 Å². The monoisotopic (exact) mass is 466 g/mol. The molecule has 2 aromatic rings. The van der Waals surface area contributed by atoms with Crippen molar-refractivity contribution >= 4 is 17.7 Å². The van der Waals surface area contributed by atoms with Crippen molar-refractivity contribution in [2.45, 2.75) is 44.6 Å². The van der Waals surface area contributed by atoms with Gasteiger partial charge in [-0.3, -0.25) is 4.90 Å². The minimum atomic E-state index is -0.460. The molecule has 0 unspecified atom stereocenters. The summed E-state index contributed by atoms with van der Waals surface area (Å²) in [5, 5.41) is 0. The standard InChI is InChI=1S/C26H38N6O2/c1-25(9-11-26(12-10-25,30(2)3)17-21-7-5-4-6-8-21)20-32(23(27)33)22-18-28-24(29-19-22)31-13-15-34-16-14-31/h4-8,18-19H,9-17,20H2,1-3H3,(H2,27,33)/t25-,26-. The predicted octanol–water partition coefficient (Wildman–Crippen LogP) is 3.32. The van der Waals surface area contributed by atoms with E-state index in [4.69, 9.17) is 10.5 Å². The lowest BCUT2D eigenvalue weighted by molar-refractivity contribution is 0.0485. The van der Waals surface area contributed by atoms with Crippen LogP contribution in [0, 0.1) is 5.41 Å². The SMILES string of the molecule is CN(C)[C@]1(Cc2ccccc2)CC[C@@](C)(CN(C(N)=O)c2cnc(N3CCOCC3)nc2)CC1. The molecule has 184 valence electrons. The van der Waals surface area contributed by atoms with Crippen LogP contribution in [0.1, 0.15) is 38.2 Å². The van der Waals surface area contributed by atoms with E-state index in [9.17, 15) is 4.79 Å². The zero-order valence-corrected chi connectivity index (χ0v) is 20.7. The fraction of sp³-hybridized carbons (Fsp3) is 0.577. The predicted molar refractivity (Wildman–Crippen MR) is 135 cm³/mol. The van der Waals surface area contributed by atoms with Gasteiger partial charge in [0.25, 0.3) is 0 Å². The summed E-state index contributed by atoms with van der Waals surface area (Å²) >= 11 is 0. The van der Waals surface area contributed by atoms with E-state index in [0.717, 1.165) is 45.2 Å². The van der Waals surface area contributed by atoms with Gasteiger partial charge in [0.2, 0.25) is 5.95 Å².